The van der Waals surface area contributed by atoms with Gasteiger partial charge in [0.15, 0.2) is 12.1 Å². The van der Waals surface area contributed by atoms with Crippen LogP contribution in [-0.2, 0) is 33.3 Å². The normalized spacial score (nSPS) is 45.8. The van der Waals surface area contributed by atoms with Gasteiger partial charge in [-0.1, -0.05) is 27.7 Å². The number of hydrogen-bond acceptors (Lipinski definition) is 11. The zero-order valence-electron chi connectivity index (χ0n) is 26.6. The number of hydrogen-bond donors (Lipinski definition) is 3. The number of methoxy groups -OCH3 is 1. The van der Waals surface area contributed by atoms with Crippen molar-refractivity contribution in [3.05, 3.63) is 0 Å². The van der Waals surface area contributed by atoms with Crippen molar-refractivity contribution in [3.63, 3.8) is 0 Å². The van der Waals surface area contributed by atoms with Gasteiger partial charge in [-0.25, -0.2) is 0 Å². The van der Waals surface area contributed by atoms with Gasteiger partial charge in [0.05, 0.1) is 23.9 Å². The quantitative estimate of drug-likeness (QED) is 0.318. The molecule has 2 aliphatic heterocycles. The summed E-state index contributed by atoms with van der Waals surface area (Å²) in [7, 11) is 5.16. The van der Waals surface area contributed by atoms with Gasteiger partial charge in [-0.05, 0) is 61.1 Å². The maximum Gasteiger partial charge on any atom is 0.316 e. The number of likely N-dealkylation sites (N-methyl/N-ethyl adjacent to an activating group) is 1. The van der Waals surface area contributed by atoms with Gasteiger partial charge in [-0.3, -0.25) is 14.4 Å². The fraction of sp³-hybridized carbons (Fsp3) is 0.900. The Hall–Kier alpha value is -1.47. The number of ketones is 2. The molecule has 238 valence electrons. The number of aliphatic hydroxyl groups excluding tert-OH is 2. The Morgan fingerprint density at radius 3 is 2.10 bits per heavy atom. The molecule has 0 bridgehead atoms. The molecule has 2 heterocycles. The van der Waals surface area contributed by atoms with Crippen LogP contribution in [0.1, 0.15) is 74.7 Å². The highest BCUT2D eigenvalue weighted by atomic mass is 16.7. The number of nitrogens with zero attached hydrogens (tertiary/aromatic N) is 1. The summed E-state index contributed by atoms with van der Waals surface area (Å²) in [4.78, 5) is 42.5. The van der Waals surface area contributed by atoms with Crippen molar-refractivity contribution in [1.82, 2.24) is 4.90 Å². The first-order valence-electron chi connectivity index (χ1n) is 14.7. The maximum absolute atomic E-state index is 13.8. The summed E-state index contributed by atoms with van der Waals surface area (Å²) in [6, 6.07) is -0.266. The Kier molecular flexibility index (Phi) is 12.1. The molecular weight excluding hydrogens is 534 g/mol. The third-order valence-electron chi connectivity index (χ3n) is 9.31. The van der Waals surface area contributed by atoms with E-state index in [1.54, 1.807) is 27.7 Å². The fourth-order valence-corrected chi connectivity index (χ4v) is 6.43. The second-order valence-corrected chi connectivity index (χ2v) is 12.9. The summed E-state index contributed by atoms with van der Waals surface area (Å²) < 4.78 is 24.0. The first-order chi connectivity index (χ1) is 18.8. The lowest BCUT2D eigenvalue weighted by Crippen LogP contribution is -2.60. The van der Waals surface area contributed by atoms with Gasteiger partial charge in [0.1, 0.15) is 29.5 Å². The number of rotatable bonds is 5. The molecule has 0 spiro atoms. The summed E-state index contributed by atoms with van der Waals surface area (Å²) in [5.41, 5.74) is -3.20. The van der Waals surface area contributed by atoms with E-state index in [0.29, 0.717) is 6.42 Å². The zero-order chi connectivity index (χ0) is 31.6. The average Bonchev–Trinajstić information content (AvgIpc) is 2.92. The summed E-state index contributed by atoms with van der Waals surface area (Å²) in [6.07, 6.45) is -5.31. The Morgan fingerprint density at radius 1 is 1.00 bits per heavy atom. The third kappa shape index (κ3) is 7.55. The van der Waals surface area contributed by atoms with E-state index in [4.69, 9.17) is 18.9 Å². The number of cyclic esters (lactones) is 1. The largest absolute Gasteiger partial charge is 0.459 e. The highest BCUT2D eigenvalue weighted by Crippen LogP contribution is 2.38. The minimum absolute atomic E-state index is 0.0926. The minimum atomic E-state index is -1.94. The molecule has 13 atom stereocenters. The lowest BCUT2D eigenvalue weighted by Gasteiger charge is -2.47. The number of carbonyl (C=O) groups is 3. The van der Waals surface area contributed by atoms with Gasteiger partial charge in [0.2, 0.25) is 0 Å². The van der Waals surface area contributed by atoms with Crippen molar-refractivity contribution < 1.29 is 48.7 Å². The van der Waals surface area contributed by atoms with Crippen molar-refractivity contribution in [2.24, 2.45) is 23.7 Å². The third-order valence-corrected chi connectivity index (χ3v) is 9.31. The van der Waals surface area contributed by atoms with E-state index in [1.807, 2.05) is 25.9 Å². The molecule has 0 saturated carbocycles. The molecule has 0 aliphatic carbocycles. The Labute approximate surface area is 244 Å². The van der Waals surface area contributed by atoms with Crippen molar-refractivity contribution in [2.45, 2.75) is 129 Å². The van der Waals surface area contributed by atoms with Crippen LogP contribution < -0.4 is 0 Å². The van der Waals surface area contributed by atoms with Crippen LogP contribution in [-0.4, -0.2) is 113 Å². The Balaban J connectivity index is 2.61. The molecular formula is C30H53NO10. The van der Waals surface area contributed by atoms with Crippen molar-refractivity contribution in [3.8, 4) is 0 Å². The lowest BCUT2D eigenvalue weighted by molar-refractivity contribution is -0.295. The molecule has 2 rings (SSSR count). The van der Waals surface area contributed by atoms with Crippen LogP contribution in [0.5, 0.6) is 0 Å². The van der Waals surface area contributed by atoms with E-state index < -0.39 is 77.3 Å². The summed E-state index contributed by atoms with van der Waals surface area (Å²) in [5.74, 6) is -5.55. The highest BCUT2D eigenvalue weighted by molar-refractivity contribution is 6.00. The predicted molar refractivity (Wildman–Crippen MR) is 151 cm³/mol. The highest BCUT2D eigenvalue weighted by Gasteiger charge is 2.51. The molecule has 0 radical (unpaired) electrons. The summed E-state index contributed by atoms with van der Waals surface area (Å²) in [5, 5.41) is 33.5. The van der Waals surface area contributed by atoms with Gasteiger partial charge >= 0.3 is 5.97 Å². The van der Waals surface area contributed by atoms with Gasteiger partial charge in [-0.15, -0.1) is 0 Å². The van der Waals surface area contributed by atoms with Gasteiger partial charge < -0.3 is 39.2 Å². The van der Waals surface area contributed by atoms with Crippen molar-refractivity contribution in [2.75, 3.05) is 21.2 Å². The molecule has 0 aromatic carbocycles. The molecule has 2 saturated heterocycles. The van der Waals surface area contributed by atoms with Gasteiger partial charge in [-0.2, -0.15) is 0 Å². The number of Topliss-reactive ketones (excluding diaryl/α,β-unsaturated/α-hetero) is 2. The first kappa shape index (κ1) is 35.7. The number of aliphatic hydroxyl groups is 3. The van der Waals surface area contributed by atoms with E-state index in [1.165, 1.54) is 27.9 Å². The molecule has 41 heavy (non-hydrogen) atoms. The Bertz CT molecular complexity index is 925. The van der Waals surface area contributed by atoms with Crippen LogP contribution in [0, 0.1) is 23.7 Å². The van der Waals surface area contributed by atoms with E-state index in [-0.39, 0.29) is 30.8 Å². The van der Waals surface area contributed by atoms with Crippen LogP contribution in [0.15, 0.2) is 0 Å². The van der Waals surface area contributed by atoms with Gasteiger partial charge in [0, 0.05) is 30.9 Å². The predicted octanol–water partition coefficient (Wildman–Crippen LogP) is 1.72. The summed E-state index contributed by atoms with van der Waals surface area (Å²) >= 11 is 0. The second kappa shape index (κ2) is 13.9. The van der Waals surface area contributed by atoms with Crippen molar-refractivity contribution >= 4 is 17.5 Å². The fourth-order valence-electron chi connectivity index (χ4n) is 6.43. The van der Waals surface area contributed by atoms with E-state index >= 15 is 0 Å². The SMILES string of the molecule is CC[C@H]1OC(=O)[C@H](C)C(=O)[C@H](C)[C@@H](O[C@@H]2O[C@H](C)C[C@H](N(C)C)[C@H]2O)[C@@](C)(OC)C[C@@H](C)C(=O)[C@@H](C)[C@@H](O)[C@]1(C)O. The average molecular weight is 588 g/mol. The second-order valence-electron chi connectivity index (χ2n) is 12.9. The van der Waals surface area contributed by atoms with Crippen LogP contribution in [0.2, 0.25) is 0 Å². The summed E-state index contributed by atoms with van der Waals surface area (Å²) in [6.45, 7) is 12.9. The first-order valence-corrected chi connectivity index (χ1v) is 14.7. The molecule has 0 amide bonds. The van der Waals surface area contributed by atoms with Crippen LogP contribution in [0.25, 0.3) is 0 Å². The lowest BCUT2D eigenvalue weighted by atomic mass is 9.74. The van der Waals surface area contributed by atoms with Gasteiger partial charge in [0.25, 0.3) is 0 Å². The number of esters is 1. The molecule has 0 aromatic heterocycles. The molecule has 11 nitrogen and oxygen atoms in total. The topological polar surface area (TPSA) is 152 Å². The molecule has 11 heteroatoms. The minimum Gasteiger partial charge on any atom is -0.459 e. The van der Waals surface area contributed by atoms with Crippen LogP contribution in [0.4, 0.5) is 0 Å². The Morgan fingerprint density at radius 2 is 1.59 bits per heavy atom. The van der Waals surface area contributed by atoms with E-state index in [2.05, 4.69) is 0 Å². The molecule has 2 aliphatic rings. The molecule has 0 aromatic rings. The number of ether oxygens (including phenoxy) is 4. The van der Waals surface area contributed by atoms with E-state index in [9.17, 15) is 29.7 Å². The monoisotopic (exact) mass is 587 g/mol. The zero-order valence-corrected chi connectivity index (χ0v) is 26.6. The molecule has 0 unspecified atom stereocenters. The van der Waals surface area contributed by atoms with Crippen molar-refractivity contribution in [1.29, 1.82) is 0 Å². The van der Waals surface area contributed by atoms with Crippen LogP contribution in [0.3, 0.4) is 0 Å². The standard InChI is InChI=1S/C30H53NO10/c1-12-21-30(8,37)25(35)17(4)22(32)15(2)14-29(7,38-11)26(18(5)23(33)19(6)27(36)40-21)41-28-24(34)20(31(9)10)13-16(3)39-28/h15-21,24-26,28,34-35,37H,12-14H2,1-11H3/t15-,16-,17-,18+,19-,20+,21-,24-,25-,26-,28+,29+,30-/m1/s1. The number of carbonyl (C=O) groups excluding carboxylic acids is 3. The molecule has 3 N–H and O–H groups in total. The smallest absolute Gasteiger partial charge is 0.316 e. The van der Waals surface area contributed by atoms with E-state index in [0.717, 1.165) is 0 Å². The van der Waals surface area contributed by atoms with Crippen LogP contribution >= 0.6 is 0 Å². The molecule has 2 fully saturated rings. The maximum atomic E-state index is 13.8.